The third-order valence-electron chi connectivity index (χ3n) is 3.30. The van der Waals surface area contributed by atoms with Gasteiger partial charge in [-0.15, -0.1) is 0 Å². The van der Waals surface area contributed by atoms with Gasteiger partial charge in [0.1, 0.15) is 0 Å². The summed E-state index contributed by atoms with van der Waals surface area (Å²) in [5.74, 6) is 1.30. The Balaban J connectivity index is 2.38. The van der Waals surface area contributed by atoms with E-state index in [2.05, 4.69) is 67.6 Å². The minimum Gasteiger partial charge on any atom is -0.379 e. The molecule has 0 spiro atoms. The lowest BCUT2D eigenvalue weighted by Crippen LogP contribution is -2.38. The number of nitrogens with zero attached hydrogens (tertiary/aromatic N) is 1. The molecule has 0 saturated carbocycles. The molecule has 0 radical (unpaired) electrons. The second-order valence-electron chi connectivity index (χ2n) is 5.73. The van der Waals surface area contributed by atoms with Crippen molar-refractivity contribution < 1.29 is 4.74 Å². The topological polar surface area (TPSA) is 45.7 Å². The fourth-order valence-electron chi connectivity index (χ4n) is 2.05. The van der Waals surface area contributed by atoms with E-state index in [1.165, 1.54) is 5.56 Å². The number of hydrogen-bond donors (Lipinski definition) is 2. The third-order valence-corrected chi connectivity index (χ3v) is 3.30. The lowest BCUT2D eigenvalue weighted by Gasteiger charge is -2.14. The Bertz CT molecular complexity index is 418. The van der Waals surface area contributed by atoms with Crippen molar-refractivity contribution in [2.75, 3.05) is 26.2 Å². The van der Waals surface area contributed by atoms with Gasteiger partial charge in [0, 0.05) is 32.2 Å². The second kappa shape index (κ2) is 11.1. The first-order chi connectivity index (χ1) is 10.6. The Morgan fingerprint density at radius 3 is 2.50 bits per heavy atom. The van der Waals surface area contributed by atoms with Crippen molar-refractivity contribution in [3.63, 3.8) is 0 Å². The van der Waals surface area contributed by atoms with Gasteiger partial charge in [-0.05, 0) is 32.8 Å². The predicted octanol–water partition coefficient (Wildman–Crippen LogP) is 3.16. The summed E-state index contributed by atoms with van der Waals surface area (Å²) in [5, 5.41) is 6.65. The van der Waals surface area contributed by atoms with Crippen molar-refractivity contribution >= 4 is 5.96 Å². The quantitative estimate of drug-likeness (QED) is 0.418. The number of rotatable bonds is 9. The van der Waals surface area contributed by atoms with E-state index in [4.69, 9.17) is 4.74 Å². The van der Waals surface area contributed by atoms with E-state index in [0.29, 0.717) is 12.0 Å². The average molecular weight is 305 g/mol. The first-order valence-electron chi connectivity index (χ1n) is 8.32. The normalized spacial score (nSPS) is 13.2. The van der Waals surface area contributed by atoms with Crippen LogP contribution in [0, 0.1) is 0 Å². The first-order valence-corrected chi connectivity index (χ1v) is 8.32. The number of ether oxygens (including phenoxy) is 1. The highest BCUT2D eigenvalue weighted by Crippen LogP contribution is 2.14. The molecule has 1 aromatic rings. The second-order valence-corrected chi connectivity index (χ2v) is 5.73. The fraction of sp³-hybridized carbons (Fsp3) is 0.611. The summed E-state index contributed by atoms with van der Waals surface area (Å²) in [5.41, 5.74) is 1.33. The molecule has 0 fully saturated rings. The van der Waals surface area contributed by atoms with Crippen LogP contribution in [0.5, 0.6) is 0 Å². The van der Waals surface area contributed by atoms with Gasteiger partial charge < -0.3 is 15.4 Å². The molecule has 1 atom stereocenters. The van der Waals surface area contributed by atoms with Crippen molar-refractivity contribution in [1.29, 1.82) is 0 Å². The molecule has 0 saturated heterocycles. The zero-order valence-electron chi connectivity index (χ0n) is 14.4. The van der Waals surface area contributed by atoms with Crippen LogP contribution in [0.1, 0.15) is 45.6 Å². The maximum atomic E-state index is 5.54. The highest BCUT2D eigenvalue weighted by atomic mass is 16.5. The van der Waals surface area contributed by atoms with Crippen molar-refractivity contribution in [1.82, 2.24) is 10.6 Å². The van der Waals surface area contributed by atoms with Gasteiger partial charge in [-0.1, -0.05) is 37.3 Å². The number of guanidine groups is 1. The van der Waals surface area contributed by atoms with Gasteiger partial charge in [0.05, 0.1) is 6.10 Å². The monoisotopic (exact) mass is 305 g/mol. The molecule has 0 aliphatic carbocycles. The molecule has 4 nitrogen and oxygen atoms in total. The lowest BCUT2D eigenvalue weighted by atomic mass is 10.0. The van der Waals surface area contributed by atoms with E-state index in [9.17, 15) is 0 Å². The molecule has 22 heavy (non-hydrogen) atoms. The summed E-state index contributed by atoms with van der Waals surface area (Å²) in [7, 11) is 0. The van der Waals surface area contributed by atoms with Crippen LogP contribution < -0.4 is 10.6 Å². The van der Waals surface area contributed by atoms with Gasteiger partial charge in [0.25, 0.3) is 0 Å². The average Bonchev–Trinajstić information content (AvgIpc) is 2.52. The summed E-state index contributed by atoms with van der Waals surface area (Å²) in [6.45, 7) is 11.7. The maximum absolute atomic E-state index is 5.54. The van der Waals surface area contributed by atoms with E-state index in [1.807, 2.05) is 6.07 Å². The Kier molecular flexibility index (Phi) is 9.31. The number of aliphatic imine (C=N–C) groups is 1. The number of nitrogens with one attached hydrogen (secondary N) is 2. The van der Waals surface area contributed by atoms with E-state index in [-0.39, 0.29) is 0 Å². The minimum absolute atomic E-state index is 0.300. The van der Waals surface area contributed by atoms with Crippen LogP contribution in [-0.4, -0.2) is 38.3 Å². The molecule has 0 amide bonds. The van der Waals surface area contributed by atoms with Crippen LogP contribution >= 0.6 is 0 Å². The Morgan fingerprint density at radius 1 is 1.14 bits per heavy atom. The molecule has 0 bridgehead atoms. The Labute approximate surface area is 135 Å². The van der Waals surface area contributed by atoms with Gasteiger partial charge in [0.2, 0.25) is 0 Å². The van der Waals surface area contributed by atoms with Crippen LogP contribution in [0.15, 0.2) is 35.3 Å². The van der Waals surface area contributed by atoms with Gasteiger partial charge in [-0.3, -0.25) is 4.99 Å². The molecule has 0 aromatic heterocycles. The van der Waals surface area contributed by atoms with E-state index < -0.39 is 0 Å². The fourth-order valence-corrected chi connectivity index (χ4v) is 2.05. The summed E-state index contributed by atoms with van der Waals surface area (Å²) in [4.78, 5) is 4.68. The van der Waals surface area contributed by atoms with Crippen molar-refractivity contribution in [3.05, 3.63) is 35.9 Å². The van der Waals surface area contributed by atoms with Gasteiger partial charge in [0.15, 0.2) is 5.96 Å². The standard InChI is InChI=1S/C18H31N3O/c1-5-19-18(20-12-9-13-22-15(2)3)21-14-16(4)17-10-7-6-8-11-17/h6-8,10-11,15-16H,5,9,12-14H2,1-4H3,(H2,19,20,21). The molecular weight excluding hydrogens is 274 g/mol. The van der Waals surface area contributed by atoms with Crippen LogP contribution in [0.25, 0.3) is 0 Å². The van der Waals surface area contributed by atoms with Crippen LogP contribution in [0.3, 0.4) is 0 Å². The zero-order valence-corrected chi connectivity index (χ0v) is 14.4. The van der Waals surface area contributed by atoms with Crippen molar-refractivity contribution in [2.24, 2.45) is 4.99 Å². The SMILES string of the molecule is CCNC(=NCC(C)c1ccccc1)NCCCOC(C)C. The Morgan fingerprint density at radius 2 is 1.86 bits per heavy atom. The zero-order chi connectivity index (χ0) is 16.2. The van der Waals surface area contributed by atoms with Crippen LogP contribution in [0.4, 0.5) is 0 Å². The highest BCUT2D eigenvalue weighted by Gasteiger charge is 2.05. The summed E-state index contributed by atoms with van der Waals surface area (Å²) < 4.78 is 5.54. The van der Waals surface area contributed by atoms with E-state index in [0.717, 1.165) is 38.6 Å². The van der Waals surface area contributed by atoms with E-state index in [1.54, 1.807) is 0 Å². The molecule has 1 aromatic carbocycles. The van der Waals surface area contributed by atoms with Gasteiger partial charge >= 0.3 is 0 Å². The minimum atomic E-state index is 0.300. The highest BCUT2D eigenvalue weighted by molar-refractivity contribution is 5.79. The number of hydrogen-bond acceptors (Lipinski definition) is 2. The van der Waals surface area contributed by atoms with Gasteiger partial charge in [-0.2, -0.15) is 0 Å². The molecular formula is C18H31N3O. The molecule has 0 aliphatic heterocycles. The summed E-state index contributed by atoms with van der Waals surface area (Å²) in [6.07, 6.45) is 1.28. The third kappa shape index (κ3) is 8.03. The lowest BCUT2D eigenvalue weighted by molar-refractivity contribution is 0.0776. The van der Waals surface area contributed by atoms with E-state index >= 15 is 0 Å². The summed E-state index contributed by atoms with van der Waals surface area (Å²) in [6, 6.07) is 10.5. The van der Waals surface area contributed by atoms with Crippen molar-refractivity contribution in [3.8, 4) is 0 Å². The molecule has 4 heteroatoms. The van der Waals surface area contributed by atoms with Gasteiger partial charge in [-0.25, -0.2) is 0 Å². The molecule has 0 heterocycles. The predicted molar refractivity (Wildman–Crippen MR) is 94.5 cm³/mol. The smallest absolute Gasteiger partial charge is 0.191 e. The van der Waals surface area contributed by atoms with Crippen LogP contribution in [-0.2, 0) is 4.74 Å². The molecule has 124 valence electrons. The molecule has 1 rings (SSSR count). The summed E-state index contributed by atoms with van der Waals surface area (Å²) >= 11 is 0. The number of benzene rings is 1. The van der Waals surface area contributed by atoms with Crippen molar-refractivity contribution in [2.45, 2.75) is 46.1 Å². The largest absolute Gasteiger partial charge is 0.379 e. The molecule has 1 unspecified atom stereocenters. The first kappa shape index (κ1) is 18.5. The molecule has 0 aliphatic rings. The Hall–Kier alpha value is -1.55. The molecule has 2 N–H and O–H groups in total. The van der Waals surface area contributed by atoms with Crippen LogP contribution in [0.2, 0.25) is 0 Å². The maximum Gasteiger partial charge on any atom is 0.191 e.